The van der Waals surface area contributed by atoms with Gasteiger partial charge in [-0.2, -0.15) is 0 Å². The monoisotopic (exact) mass is 422 g/mol. The smallest absolute Gasteiger partial charge is 0.253 e. The summed E-state index contributed by atoms with van der Waals surface area (Å²) in [5.41, 5.74) is 2.80. The van der Waals surface area contributed by atoms with Crippen LogP contribution in [0.25, 0.3) is 0 Å². The summed E-state index contributed by atoms with van der Waals surface area (Å²) in [6.45, 7) is 1.68. The lowest BCUT2D eigenvalue weighted by Crippen LogP contribution is -2.21. The van der Waals surface area contributed by atoms with Crippen molar-refractivity contribution in [2.75, 3.05) is 14.1 Å². The van der Waals surface area contributed by atoms with Crippen LogP contribution in [0.15, 0.2) is 64.0 Å². The van der Waals surface area contributed by atoms with Crippen LogP contribution in [0.2, 0.25) is 0 Å². The second-order valence-corrected chi connectivity index (χ2v) is 7.78. The minimum atomic E-state index is -0.274. The van der Waals surface area contributed by atoms with Gasteiger partial charge in [-0.1, -0.05) is 24.3 Å². The zero-order chi connectivity index (χ0) is 22.0. The van der Waals surface area contributed by atoms with Crippen LogP contribution < -0.4 is 10.2 Å². The van der Waals surface area contributed by atoms with E-state index in [4.69, 9.17) is 9.15 Å². The molecule has 2 aromatic carbocycles. The lowest BCUT2D eigenvalue weighted by atomic mass is 10.1. The van der Waals surface area contributed by atoms with Gasteiger partial charge in [-0.15, -0.1) is 0 Å². The lowest BCUT2D eigenvalue weighted by Gasteiger charge is -2.14. The van der Waals surface area contributed by atoms with Crippen molar-refractivity contribution in [3.05, 3.63) is 98.8 Å². The number of fused-ring (bicyclic) bond motifs is 1. The first kappa shape index (κ1) is 20.8. The van der Waals surface area contributed by atoms with E-state index in [0.717, 1.165) is 11.1 Å². The summed E-state index contributed by atoms with van der Waals surface area (Å²) in [5, 5.41) is 0. The van der Waals surface area contributed by atoms with Crippen LogP contribution in [0.5, 0.6) is 5.75 Å². The zero-order valence-electron chi connectivity index (χ0n) is 17.4. The van der Waals surface area contributed by atoms with Crippen LogP contribution in [0.1, 0.15) is 32.8 Å². The Morgan fingerprint density at radius 3 is 2.61 bits per heavy atom. The minimum Gasteiger partial charge on any atom is -0.482 e. The molecule has 1 aliphatic heterocycles. The van der Waals surface area contributed by atoms with Gasteiger partial charge in [-0.3, -0.25) is 14.5 Å². The highest BCUT2D eigenvalue weighted by Gasteiger charge is 2.22. The van der Waals surface area contributed by atoms with E-state index < -0.39 is 0 Å². The molecule has 0 aliphatic carbocycles. The predicted molar refractivity (Wildman–Crippen MR) is 113 cm³/mol. The summed E-state index contributed by atoms with van der Waals surface area (Å²) in [6, 6.07) is 13.5. The molecule has 0 saturated carbocycles. The molecule has 0 bridgehead atoms. The zero-order valence-corrected chi connectivity index (χ0v) is 17.4. The standard InChI is InChI=1S/C24H23FN2O4/c1-26(2)24(29)17-8-6-16(7-9-17)14-31-23-15-30-19(10-22(23)28)12-27-11-18-4-3-5-21(25)20(18)13-27/h3-10,15H,11-14H2,1-2H3. The fraction of sp³-hybridized carbons (Fsp3) is 0.250. The fourth-order valence-electron chi connectivity index (χ4n) is 3.57. The molecule has 4 rings (SSSR count). The first-order valence-electron chi connectivity index (χ1n) is 9.94. The van der Waals surface area contributed by atoms with Crippen molar-refractivity contribution >= 4 is 5.91 Å². The van der Waals surface area contributed by atoms with Crippen molar-refractivity contribution in [1.82, 2.24) is 9.80 Å². The fourth-order valence-corrected chi connectivity index (χ4v) is 3.57. The number of hydrogen-bond acceptors (Lipinski definition) is 5. The molecule has 0 radical (unpaired) electrons. The average molecular weight is 422 g/mol. The Balaban J connectivity index is 1.36. The van der Waals surface area contributed by atoms with E-state index in [1.54, 1.807) is 44.4 Å². The maximum absolute atomic E-state index is 13.9. The molecule has 0 unspecified atom stereocenters. The Kier molecular flexibility index (Phi) is 5.86. The summed E-state index contributed by atoms with van der Waals surface area (Å²) in [4.78, 5) is 27.9. The third kappa shape index (κ3) is 4.67. The van der Waals surface area contributed by atoms with E-state index in [1.165, 1.54) is 23.3 Å². The van der Waals surface area contributed by atoms with Crippen LogP contribution >= 0.6 is 0 Å². The van der Waals surface area contributed by atoms with E-state index in [2.05, 4.69) is 0 Å². The third-order valence-corrected chi connectivity index (χ3v) is 5.22. The molecule has 3 aromatic rings. The molecule has 0 spiro atoms. The number of carbonyl (C=O) groups excluding carboxylic acids is 1. The van der Waals surface area contributed by atoms with Crippen LogP contribution in [-0.2, 0) is 26.2 Å². The van der Waals surface area contributed by atoms with Crippen LogP contribution in [-0.4, -0.2) is 29.8 Å². The predicted octanol–water partition coefficient (Wildman–Crippen LogP) is 3.58. The number of nitrogens with zero attached hydrogens (tertiary/aromatic N) is 2. The highest BCUT2D eigenvalue weighted by molar-refractivity contribution is 5.93. The van der Waals surface area contributed by atoms with Gasteiger partial charge in [0.15, 0.2) is 0 Å². The van der Waals surface area contributed by atoms with Gasteiger partial charge in [0.25, 0.3) is 5.91 Å². The molecule has 160 valence electrons. The maximum Gasteiger partial charge on any atom is 0.253 e. The van der Waals surface area contributed by atoms with Crippen LogP contribution in [0.4, 0.5) is 4.39 Å². The molecule has 0 atom stereocenters. The Morgan fingerprint density at radius 2 is 1.94 bits per heavy atom. The second kappa shape index (κ2) is 8.73. The van der Waals surface area contributed by atoms with E-state index in [0.29, 0.717) is 36.5 Å². The van der Waals surface area contributed by atoms with Gasteiger partial charge < -0.3 is 14.1 Å². The highest BCUT2D eigenvalue weighted by Crippen LogP contribution is 2.26. The summed E-state index contributed by atoms with van der Waals surface area (Å²) in [5.74, 6) is 0.335. The van der Waals surface area contributed by atoms with Crippen molar-refractivity contribution in [3.63, 3.8) is 0 Å². The number of carbonyl (C=O) groups is 1. The molecule has 0 saturated heterocycles. The summed E-state index contributed by atoms with van der Waals surface area (Å²) in [6.07, 6.45) is 1.31. The second-order valence-electron chi connectivity index (χ2n) is 7.78. The first-order chi connectivity index (χ1) is 14.9. The quantitative estimate of drug-likeness (QED) is 0.608. The third-order valence-electron chi connectivity index (χ3n) is 5.22. The normalized spacial score (nSPS) is 13.1. The summed E-state index contributed by atoms with van der Waals surface area (Å²) >= 11 is 0. The summed E-state index contributed by atoms with van der Waals surface area (Å²) < 4.78 is 25.1. The number of amides is 1. The maximum atomic E-state index is 13.9. The first-order valence-corrected chi connectivity index (χ1v) is 9.94. The topological polar surface area (TPSA) is 63.0 Å². The summed E-state index contributed by atoms with van der Waals surface area (Å²) in [7, 11) is 3.40. The van der Waals surface area contributed by atoms with Crippen molar-refractivity contribution in [2.24, 2.45) is 0 Å². The van der Waals surface area contributed by atoms with E-state index >= 15 is 0 Å². The van der Waals surface area contributed by atoms with Crippen molar-refractivity contribution in [3.8, 4) is 5.75 Å². The average Bonchev–Trinajstić information content (AvgIpc) is 3.17. The molecule has 6 nitrogen and oxygen atoms in total. The number of hydrogen-bond donors (Lipinski definition) is 0. The van der Waals surface area contributed by atoms with E-state index in [1.807, 2.05) is 11.0 Å². The van der Waals surface area contributed by atoms with Crippen molar-refractivity contribution < 1.29 is 18.3 Å². The molecular formula is C24H23FN2O4. The highest BCUT2D eigenvalue weighted by atomic mass is 19.1. The van der Waals surface area contributed by atoms with Crippen molar-refractivity contribution in [2.45, 2.75) is 26.2 Å². The molecule has 31 heavy (non-hydrogen) atoms. The van der Waals surface area contributed by atoms with Gasteiger partial charge >= 0.3 is 0 Å². The molecule has 0 fully saturated rings. The molecule has 2 heterocycles. The number of ether oxygens (including phenoxy) is 1. The van der Waals surface area contributed by atoms with Crippen molar-refractivity contribution in [1.29, 1.82) is 0 Å². The van der Waals surface area contributed by atoms with E-state index in [-0.39, 0.29) is 29.5 Å². The van der Waals surface area contributed by atoms with Gasteiger partial charge in [0.1, 0.15) is 24.4 Å². The number of halogens is 1. The Hall–Kier alpha value is -3.45. The molecule has 0 N–H and O–H groups in total. The molecule has 1 amide bonds. The van der Waals surface area contributed by atoms with Gasteiger partial charge in [0.2, 0.25) is 11.2 Å². The molecule has 7 heteroatoms. The Morgan fingerprint density at radius 1 is 1.16 bits per heavy atom. The Labute approximate surface area is 179 Å². The molecular weight excluding hydrogens is 399 g/mol. The van der Waals surface area contributed by atoms with Crippen LogP contribution in [0.3, 0.4) is 0 Å². The molecule has 1 aromatic heterocycles. The van der Waals surface area contributed by atoms with Gasteiger partial charge in [0, 0.05) is 44.4 Å². The lowest BCUT2D eigenvalue weighted by molar-refractivity contribution is 0.0827. The van der Waals surface area contributed by atoms with Gasteiger partial charge in [-0.05, 0) is 29.3 Å². The SMILES string of the molecule is CN(C)C(=O)c1ccc(COc2coc(CN3Cc4cccc(F)c4C3)cc2=O)cc1. The van der Waals surface area contributed by atoms with Gasteiger partial charge in [-0.25, -0.2) is 4.39 Å². The number of benzene rings is 2. The molecule has 1 aliphatic rings. The largest absolute Gasteiger partial charge is 0.482 e. The van der Waals surface area contributed by atoms with E-state index in [9.17, 15) is 14.0 Å². The van der Waals surface area contributed by atoms with Crippen LogP contribution in [0, 0.1) is 5.82 Å². The van der Waals surface area contributed by atoms with Gasteiger partial charge in [0.05, 0.1) is 6.54 Å². The minimum absolute atomic E-state index is 0.0764. The Bertz CT molecular complexity index is 1150. The number of rotatable bonds is 6.